The Kier molecular flexibility index (Phi) is 6.61. The molecule has 6 heteroatoms. The molecule has 0 radical (unpaired) electrons. The first-order valence-electron chi connectivity index (χ1n) is 7.87. The van der Waals surface area contributed by atoms with Crippen LogP contribution in [0.1, 0.15) is 31.2 Å². The predicted molar refractivity (Wildman–Crippen MR) is 95.8 cm³/mol. The smallest absolute Gasteiger partial charge is 0.331 e. The molecule has 0 spiro atoms. The van der Waals surface area contributed by atoms with Gasteiger partial charge in [-0.25, -0.2) is 4.79 Å². The van der Waals surface area contributed by atoms with E-state index in [0.717, 1.165) is 5.56 Å². The summed E-state index contributed by atoms with van der Waals surface area (Å²) in [7, 11) is 0. The lowest BCUT2D eigenvalue weighted by Gasteiger charge is -2.22. The maximum atomic E-state index is 12.3. The number of ether oxygens (including phenoxy) is 1. The van der Waals surface area contributed by atoms with Crippen molar-refractivity contribution >= 4 is 30.6 Å². The topological polar surface area (TPSA) is 76.0 Å². The normalized spacial score (nSPS) is 19.6. The van der Waals surface area contributed by atoms with Crippen LogP contribution in [0.15, 0.2) is 46.7 Å². The number of aliphatic imine (C=N–C) groups is 1. The Morgan fingerprint density at radius 1 is 1.42 bits per heavy atom. The third kappa shape index (κ3) is 4.47. The third-order valence-electron chi connectivity index (χ3n) is 3.87. The molecular formula is C18H21NO4S. The van der Waals surface area contributed by atoms with Crippen molar-refractivity contribution in [2.75, 3.05) is 12.4 Å². The van der Waals surface area contributed by atoms with Crippen LogP contribution < -0.4 is 0 Å². The molecule has 128 valence electrons. The Bertz CT molecular complexity index is 654. The van der Waals surface area contributed by atoms with Gasteiger partial charge in [0.1, 0.15) is 5.76 Å². The molecule has 1 aromatic rings. The van der Waals surface area contributed by atoms with Gasteiger partial charge in [-0.15, -0.1) is 0 Å². The van der Waals surface area contributed by atoms with Gasteiger partial charge in [0.2, 0.25) is 0 Å². The minimum Gasteiger partial charge on any atom is -0.511 e. The SMILES string of the molecule is CCOC(=O)C(CS)N=CC1=C(O)CC(c2ccccc2)CC1=O. The van der Waals surface area contributed by atoms with Crippen molar-refractivity contribution in [2.24, 2.45) is 4.99 Å². The maximum Gasteiger partial charge on any atom is 0.331 e. The minimum absolute atomic E-state index is 0.00521. The fraction of sp³-hybridized carbons (Fsp3) is 0.389. The molecule has 1 aliphatic carbocycles. The molecule has 2 atom stereocenters. The zero-order valence-corrected chi connectivity index (χ0v) is 14.4. The van der Waals surface area contributed by atoms with Crippen LogP contribution in [-0.4, -0.2) is 41.5 Å². The van der Waals surface area contributed by atoms with Crippen LogP contribution in [0.4, 0.5) is 0 Å². The second kappa shape index (κ2) is 8.68. The highest BCUT2D eigenvalue weighted by Crippen LogP contribution is 2.32. The van der Waals surface area contributed by atoms with Crippen LogP contribution in [-0.2, 0) is 14.3 Å². The number of nitrogens with zero attached hydrogens (tertiary/aromatic N) is 1. The molecular weight excluding hydrogens is 326 g/mol. The summed E-state index contributed by atoms with van der Waals surface area (Å²) in [6.45, 7) is 1.96. The molecule has 0 bridgehead atoms. The number of carbonyl (C=O) groups is 2. The van der Waals surface area contributed by atoms with Crippen molar-refractivity contribution in [3.8, 4) is 0 Å². The third-order valence-corrected chi connectivity index (χ3v) is 4.21. The van der Waals surface area contributed by atoms with Gasteiger partial charge in [0.25, 0.3) is 0 Å². The van der Waals surface area contributed by atoms with E-state index in [0.29, 0.717) is 12.8 Å². The Labute approximate surface area is 146 Å². The van der Waals surface area contributed by atoms with Crippen LogP contribution in [0.2, 0.25) is 0 Å². The van der Waals surface area contributed by atoms with E-state index in [1.165, 1.54) is 6.21 Å². The number of carbonyl (C=O) groups excluding carboxylic acids is 2. The fourth-order valence-corrected chi connectivity index (χ4v) is 2.85. The highest BCUT2D eigenvalue weighted by atomic mass is 32.1. The molecule has 1 N–H and O–H groups in total. The average Bonchev–Trinajstić information content (AvgIpc) is 2.58. The lowest BCUT2D eigenvalue weighted by molar-refractivity contribution is -0.143. The molecule has 0 saturated carbocycles. The summed E-state index contributed by atoms with van der Waals surface area (Å²) in [5, 5.41) is 10.2. The first kappa shape index (κ1) is 18.3. The van der Waals surface area contributed by atoms with E-state index in [-0.39, 0.29) is 35.4 Å². The summed E-state index contributed by atoms with van der Waals surface area (Å²) >= 11 is 4.07. The second-order valence-electron chi connectivity index (χ2n) is 5.53. The molecule has 1 aliphatic rings. The summed E-state index contributed by atoms with van der Waals surface area (Å²) < 4.78 is 4.90. The molecule has 0 saturated heterocycles. The number of thiol groups is 1. The van der Waals surface area contributed by atoms with Gasteiger partial charge in [0.05, 0.1) is 12.2 Å². The van der Waals surface area contributed by atoms with Gasteiger partial charge in [0.15, 0.2) is 11.8 Å². The molecule has 0 aliphatic heterocycles. The van der Waals surface area contributed by atoms with Gasteiger partial charge in [-0.1, -0.05) is 30.3 Å². The van der Waals surface area contributed by atoms with Crippen molar-refractivity contribution in [3.05, 3.63) is 47.2 Å². The van der Waals surface area contributed by atoms with Crippen LogP contribution in [0.5, 0.6) is 0 Å². The van der Waals surface area contributed by atoms with Crippen molar-refractivity contribution in [3.63, 3.8) is 0 Å². The Morgan fingerprint density at radius 2 is 2.12 bits per heavy atom. The lowest BCUT2D eigenvalue weighted by Crippen LogP contribution is -2.25. The molecule has 0 amide bonds. The lowest BCUT2D eigenvalue weighted by atomic mass is 9.83. The standard InChI is InChI=1S/C18H21NO4S/c1-2-23-18(22)15(11-24)19-10-14-16(20)8-13(9-17(14)21)12-6-4-3-5-7-12/h3-7,10,13,15,20,24H,2,8-9,11H2,1H3. The van der Waals surface area contributed by atoms with Gasteiger partial charge >= 0.3 is 5.97 Å². The van der Waals surface area contributed by atoms with Crippen molar-refractivity contribution in [1.29, 1.82) is 0 Å². The Hall–Kier alpha value is -2.08. The van der Waals surface area contributed by atoms with E-state index in [1.54, 1.807) is 6.92 Å². The minimum atomic E-state index is -0.784. The molecule has 0 heterocycles. The van der Waals surface area contributed by atoms with Crippen LogP contribution in [0.3, 0.4) is 0 Å². The summed E-state index contributed by atoms with van der Waals surface area (Å²) in [5.41, 5.74) is 1.19. The summed E-state index contributed by atoms with van der Waals surface area (Å²) in [4.78, 5) is 28.1. The molecule has 0 fully saturated rings. The second-order valence-corrected chi connectivity index (χ2v) is 5.89. The molecule has 1 aromatic carbocycles. The fourth-order valence-electron chi connectivity index (χ4n) is 2.60. The highest BCUT2D eigenvalue weighted by molar-refractivity contribution is 7.80. The van der Waals surface area contributed by atoms with E-state index in [4.69, 9.17) is 4.74 Å². The van der Waals surface area contributed by atoms with Gasteiger partial charge in [-0.3, -0.25) is 9.79 Å². The van der Waals surface area contributed by atoms with E-state index < -0.39 is 12.0 Å². The van der Waals surface area contributed by atoms with Gasteiger partial charge in [0, 0.05) is 24.8 Å². The monoisotopic (exact) mass is 347 g/mol. The van der Waals surface area contributed by atoms with E-state index in [9.17, 15) is 14.7 Å². The number of ketones is 1. The zero-order chi connectivity index (χ0) is 17.5. The van der Waals surface area contributed by atoms with Gasteiger partial charge in [-0.2, -0.15) is 12.6 Å². The van der Waals surface area contributed by atoms with E-state index >= 15 is 0 Å². The van der Waals surface area contributed by atoms with Crippen LogP contribution in [0, 0.1) is 0 Å². The number of aliphatic hydroxyl groups excluding tert-OH is 1. The molecule has 2 unspecified atom stereocenters. The largest absolute Gasteiger partial charge is 0.511 e. The van der Waals surface area contributed by atoms with Crippen molar-refractivity contribution < 1.29 is 19.4 Å². The van der Waals surface area contributed by atoms with Crippen LogP contribution >= 0.6 is 12.6 Å². The Morgan fingerprint density at radius 3 is 2.71 bits per heavy atom. The van der Waals surface area contributed by atoms with Gasteiger partial charge < -0.3 is 9.84 Å². The number of Topliss-reactive ketones (excluding diaryl/α,β-unsaturated/α-hetero) is 1. The summed E-state index contributed by atoms with van der Waals surface area (Å²) in [6, 6.07) is 8.84. The number of esters is 1. The number of hydrogen-bond donors (Lipinski definition) is 2. The number of hydrogen-bond acceptors (Lipinski definition) is 6. The number of rotatable bonds is 6. The predicted octanol–water partition coefficient (Wildman–Crippen LogP) is 2.88. The van der Waals surface area contributed by atoms with Crippen molar-refractivity contribution in [2.45, 2.75) is 31.7 Å². The van der Waals surface area contributed by atoms with Crippen molar-refractivity contribution in [1.82, 2.24) is 0 Å². The first-order valence-corrected chi connectivity index (χ1v) is 8.51. The maximum absolute atomic E-state index is 12.3. The number of allylic oxidation sites excluding steroid dienone is 2. The molecule has 24 heavy (non-hydrogen) atoms. The summed E-state index contributed by atoms with van der Waals surface area (Å²) in [6.07, 6.45) is 1.96. The Balaban J connectivity index is 2.14. The summed E-state index contributed by atoms with van der Waals surface area (Å²) in [5.74, 6) is -0.538. The van der Waals surface area contributed by atoms with E-state index in [2.05, 4.69) is 17.6 Å². The highest BCUT2D eigenvalue weighted by Gasteiger charge is 2.28. The van der Waals surface area contributed by atoms with Crippen LogP contribution in [0.25, 0.3) is 0 Å². The molecule has 5 nitrogen and oxygen atoms in total. The molecule has 0 aromatic heterocycles. The molecule has 2 rings (SSSR count). The number of benzene rings is 1. The van der Waals surface area contributed by atoms with E-state index in [1.807, 2.05) is 30.3 Å². The zero-order valence-electron chi connectivity index (χ0n) is 13.5. The number of aliphatic hydroxyl groups is 1. The average molecular weight is 347 g/mol. The van der Waals surface area contributed by atoms with Gasteiger partial charge in [-0.05, 0) is 18.4 Å². The quantitative estimate of drug-likeness (QED) is 0.471. The first-order chi connectivity index (χ1) is 11.6.